The first-order chi connectivity index (χ1) is 6.74. The lowest BCUT2D eigenvalue weighted by Crippen LogP contribution is -2.44. The van der Waals surface area contributed by atoms with E-state index in [1.165, 1.54) is 7.11 Å². The summed E-state index contributed by atoms with van der Waals surface area (Å²) < 4.78 is 9.88. The number of esters is 1. The number of carbonyl (C=O) groups excluding carboxylic acids is 2. The van der Waals surface area contributed by atoms with Crippen molar-refractivity contribution in [3.05, 3.63) is 0 Å². The van der Waals surface area contributed by atoms with E-state index in [1.807, 2.05) is 21.1 Å². The molecule has 0 heterocycles. The minimum atomic E-state index is -0.877. The van der Waals surface area contributed by atoms with Crippen LogP contribution in [0.1, 0.15) is 6.42 Å². The average molecular weight is 219 g/mol. The Labute approximate surface area is 89.5 Å². The third kappa shape index (κ3) is 7.75. The van der Waals surface area contributed by atoms with Gasteiger partial charge in [-0.1, -0.05) is 0 Å². The molecule has 0 bridgehead atoms. The van der Waals surface area contributed by atoms with E-state index in [9.17, 15) is 9.59 Å². The second-order valence-electron chi connectivity index (χ2n) is 4.31. The molecular weight excluding hydrogens is 200 g/mol. The van der Waals surface area contributed by atoms with Gasteiger partial charge >= 0.3 is 12.1 Å². The summed E-state index contributed by atoms with van der Waals surface area (Å²) in [4.78, 5) is 21.6. The Kier molecular flexibility index (Phi) is 5.07. The number of nitrogens with zero attached hydrogens (tertiary/aromatic N) is 1. The smallest absolute Gasteiger partial charge is 0.404 e. The Morgan fingerprint density at radius 3 is 2.20 bits per heavy atom. The van der Waals surface area contributed by atoms with Crippen molar-refractivity contribution in [2.75, 3.05) is 34.8 Å². The van der Waals surface area contributed by atoms with Crippen LogP contribution in [-0.2, 0) is 14.3 Å². The number of rotatable bonds is 5. The number of methoxy groups -OCH3 is 1. The van der Waals surface area contributed by atoms with E-state index in [4.69, 9.17) is 10.5 Å². The Balaban J connectivity index is 4.31. The molecule has 0 aliphatic heterocycles. The maximum atomic E-state index is 11.0. The maximum absolute atomic E-state index is 11.0. The lowest BCUT2D eigenvalue weighted by Gasteiger charge is -2.28. The first-order valence-corrected chi connectivity index (χ1v) is 4.58. The second kappa shape index (κ2) is 5.55. The number of quaternary nitrogens is 1. The highest BCUT2D eigenvalue weighted by molar-refractivity contribution is 5.71. The number of nitrogens with two attached hydrogens (primary N) is 1. The summed E-state index contributed by atoms with van der Waals surface area (Å²) in [6, 6.07) is 0. The first-order valence-electron chi connectivity index (χ1n) is 4.58. The topological polar surface area (TPSA) is 78.6 Å². The normalized spacial score (nSPS) is 13.1. The molecule has 0 rings (SSSR count). The van der Waals surface area contributed by atoms with Gasteiger partial charge in [-0.25, -0.2) is 4.79 Å². The van der Waals surface area contributed by atoms with Crippen LogP contribution in [0.25, 0.3) is 0 Å². The molecule has 2 N–H and O–H groups in total. The minimum Gasteiger partial charge on any atom is -0.469 e. The van der Waals surface area contributed by atoms with Crippen LogP contribution in [0, 0.1) is 0 Å². The van der Waals surface area contributed by atoms with Crippen LogP contribution in [0.3, 0.4) is 0 Å². The monoisotopic (exact) mass is 219 g/mol. The fraction of sp³-hybridized carbons (Fsp3) is 0.778. The van der Waals surface area contributed by atoms with Gasteiger partial charge in [0.1, 0.15) is 6.54 Å². The van der Waals surface area contributed by atoms with Gasteiger partial charge in [0.2, 0.25) is 0 Å². The van der Waals surface area contributed by atoms with Gasteiger partial charge in [0.15, 0.2) is 6.10 Å². The summed E-state index contributed by atoms with van der Waals surface area (Å²) in [6.45, 7) is 0.498. The fourth-order valence-electron chi connectivity index (χ4n) is 1.19. The molecule has 0 radical (unpaired) electrons. The zero-order valence-corrected chi connectivity index (χ0v) is 9.65. The molecule has 6 heteroatoms. The van der Waals surface area contributed by atoms with Crippen molar-refractivity contribution < 1.29 is 23.5 Å². The number of hydrogen-bond donors (Lipinski definition) is 1. The lowest BCUT2D eigenvalue weighted by molar-refractivity contribution is -0.873. The van der Waals surface area contributed by atoms with E-state index in [1.54, 1.807) is 0 Å². The average Bonchev–Trinajstić information content (AvgIpc) is 1.99. The molecule has 0 saturated carbocycles. The zero-order valence-electron chi connectivity index (χ0n) is 9.65. The van der Waals surface area contributed by atoms with E-state index in [2.05, 4.69) is 4.74 Å². The molecule has 0 aromatic rings. The fourth-order valence-corrected chi connectivity index (χ4v) is 1.19. The predicted molar refractivity (Wildman–Crippen MR) is 54.0 cm³/mol. The third-order valence-corrected chi connectivity index (χ3v) is 1.66. The number of primary amides is 1. The van der Waals surface area contributed by atoms with Gasteiger partial charge in [-0.3, -0.25) is 4.79 Å². The van der Waals surface area contributed by atoms with Gasteiger partial charge < -0.3 is 19.7 Å². The van der Waals surface area contributed by atoms with Crippen LogP contribution in [-0.4, -0.2) is 57.4 Å². The van der Waals surface area contributed by atoms with E-state index >= 15 is 0 Å². The summed E-state index contributed by atoms with van der Waals surface area (Å²) in [6.07, 6.45) is -1.40. The maximum Gasteiger partial charge on any atom is 0.404 e. The molecule has 0 aliphatic carbocycles. The molecule has 0 aliphatic rings. The number of ether oxygens (including phenoxy) is 2. The molecular formula is C9H19N2O4+. The van der Waals surface area contributed by atoms with Crippen molar-refractivity contribution in [2.45, 2.75) is 12.5 Å². The molecule has 0 fully saturated rings. The zero-order chi connectivity index (χ0) is 12.1. The molecule has 1 unspecified atom stereocenters. The third-order valence-electron chi connectivity index (χ3n) is 1.66. The van der Waals surface area contributed by atoms with Gasteiger partial charge in [0, 0.05) is 0 Å². The summed E-state index contributed by atoms with van der Waals surface area (Å²) in [5.41, 5.74) is 4.91. The number of amides is 1. The second-order valence-corrected chi connectivity index (χ2v) is 4.31. The SMILES string of the molecule is COC(=O)CC(C[N+](C)(C)C)OC(N)=O. The van der Waals surface area contributed by atoms with Crippen molar-refractivity contribution in [3.8, 4) is 0 Å². The Bertz CT molecular complexity index is 235. The molecule has 0 aromatic heterocycles. The minimum absolute atomic E-state index is 0.0228. The summed E-state index contributed by atoms with van der Waals surface area (Å²) >= 11 is 0. The Hall–Kier alpha value is -1.30. The lowest BCUT2D eigenvalue weighted by atomic mass is 10.2. The van der Waals surface area contributed by atoms with Crippen LogP contribution in [0.2, 0.25) is 0 Å². The van der Waals surface area contributed by atoms with Crippen molar-refractivity contribution >= 4 is 12.1 Å². The van der Waals surface area contributed by atoms with E-state index in [0.29, 0.717) is 11.0 Å². The predicted octanol–water partition coefficient (Wildman–Crippen LogP) is -0.280. The standard InChI is InChI=1S/C9H18N2O4/c1-11(2,3)6-7(15-9(10)13)5-8(12)14-4/h7H,5-6H2,1-4H3,(H-,10,13)/p+1. The van der Waals surface area contributed by atoms with E-state index in [0.717, 1.165) is 0 Å². The Morgan fingerprint density at radius 2 is 1.87 bits per heavy atom. The molecule has 88 valence electrons. The highest BCUT2D eigenvalue weighted by Gasteiger charge is 2.24. The van der Waals surface area contributed by atoms with Crippen molar-refractivity contribution in [1.82, 2.24) is 0 Å². The van der Waals surface area contributed by atoms with E-state index < -0.39 is 18.2 Å². The molecule has 6 nitrogen and oxygen atoms in total. The molecule has 0 saturated heterocycles. The van der Waals surface area contributed by atoms with Gasteiger partial charge in [-0.05, 0) is 0 Å². The largest absolute Gasteiger partial charge is 0.469 e. The number of hydrogen-bond acceptors (Lipinski definition) is 4. The van der Waals surface area contributed by atoms with Gasteiger partial charge in [0.05, 0.1) is 34.7 Å². The molecule has 15 heavy (non-hydrogen) atoms. The molecule has 0 aromatic carbocycles. The summed E-state index contributed by atoms with van der Waals surface area (Å²) in [5.74, 6) is -0.422. The number of carbonyl (C=O) groups is 2. The van der Waals surface area contributed by atoms with Crippen LogP contribution in [0.15, 0.2) is 0 Å². The quantitative estimate of drug-likeness (QED) is 0.509. The molecule has 1 amide bonds. The van der Waals surface area contributed by atoms with Crippen LogP contribution in [0.4, 0.5) is 4.79 Å². The molecule has 1 atom stereocenters. The van der Waals surface area contributed by atoms with Gasteiger partial charge in [0.25, 0.3) is 0 Å². The van der Waals surface area contributed by atoms with Crippen molar-refractivity contribution in [2.24, 2.45) is 5.73 Å². The van der Waals surface area contributed by atoms with Gasteiger partial charge in [-0.2, -0.15) is 0 Å². The van der Waals surface area contributed by atoms with Crippen LogP contribution < -0.4 is 5.73 Å². The summed E-state index contributed by atoms with van der Waals surface area (Å²) in [7, 11) is 7.06. The highest BCUT2D eigenvalue weighted by Crippen LogP contribution is 2.05. The molecule has 0 spiro atoms. The summed E-state index contributed by atoms with van der Waals surface area (Å²) in [5, 5.41) is 0. The van der Waals surface area contributed by atoms with E-state index in [-0.39, 0.29) is 6.42 Å². The van der Waals surface area contributed by atoms with Crippen molar-refractivity contribution in [3.63, 3.8) is 0 Å². The number of likely N-dealkylation sites (N-methyl/N-ethyl adjacent to an activating group) is 1. The van der Waals surface area contributed by atoms with Gasteiger partial charge in [-0.15, -0.1) is 0 Å². The van der Waals surface area contributed by atoms with Crippen molar-refractivity contribution in [1.29, 1.82) is 0 Å². The highest BCUT2D eigenvalue weighted by atomic mass is 16.6. The first kappa shape index (κ1) is 13.7. The Morgan fingerprint density at radius 1 is 1.33 bits per heavy atom. The van der Waals surface area contributed by atoms with Crippen LogP contribution >= 0.6 is 0 Å². The van der Waals surface area contributed by atoms with Crippen LogP contribution in [0.5, 0.6) is 0 Å².